The zero-order valence-electron chi connectivity index (χ0n) is 15.1. The van der Waals surface area contributed by atoms with Crippen LogP contribution in [0.5, 0.6) is 5.75 Å². The molecule has 0 heterocycles. The van der Waals surface area contributed by atoms with Gasteiger partial charge in [-0.25, -0.2) is 0 Å². The smallest absolute Gasteiger partial charge is 0.309 e. The van der Waals surface area contributed by atoms with E-state index in [1.807, 2.05) is 25.1 Å². The van der Waals surface area contributed by atoms with Crippen LogP contribution in [0.2, 0.25) is 0 Å². The van der Waals surface area contributed by atoms with Crippen molar-refractivity contribution in [2.75, 3.05) is 18.5 Å². The minimum absolute atomic E-state index is 0.00253. The molecule has 0 radical (unpaired) electrons. The predicted molar refractivity (Wildman–Crippen MR) is 98.7 cm³/mol. The van der Waals surface area contributed by atoms with Gasteiger partial charge in [0.25, 0.3) is 11.6 Å². The summed E-state index contributed by atoms with van der Waals surface area (Å²) in [5.41, 5.74) is 1.78. The zero-order valence-corrected chi connectivity index (χ0v) is 15.1. The second-order valence-corrected chi connectivity index (χ2v) is 5.83. The number of non-ortho nitro benzene ring substituents is 1. The maximum Gasteiger partial charge on any atom is 0.309 e. The number of nitro benzene ring substituents is 1. The molecular formula is C19H20N2O6. The average Bonchev–Trinajstić information content (AvgIpc) is 2.63. The molecule has 1 N–H and O–H groups in total. The van der Waals surface area contributed by atoms with Gasteiger partial charge in [0.2, 0.25) is 0 Å². The third-order valence-corrected chi connectivity index (χ3v) is 3.73. The molecule has 0 bridgehead atoms. The van der Waals surface area contributed by atoms with Crippen LogP contribution in [0.15, 0.2) is 42.5 Å². The molecule has 2 aromatic rings. The lowest BCUT2D eigenvalue weighted by atomic mass is 10.2. The van der Waals surface area contributed by atoms with E-state index < -0.39 is 23.4 Å². The molecule has 27 heavy (non-hydrogen) atoms. The number of carbonyl (C=O) groups is 2. The third-order valence-electron chi connectivity index (χ3n) is 3.73. The van der Waals surface area contributed by atoms with E-state index in [4.69, 9.17) is 9.47 Å². The first-order valence-corrected chi connectivity index (χ1v) is 8.26. The van der Waals surface area contributed by atoms with Gasteiger partial charge in [-0.15, -0.1) is 0 Å². The van der Waals surface area contributed by atoms with E-state index in [2.05, 4.69) is 5.32 Å². The van der Waals surface area contributed by atoms with Gasteiger partial charge in [-0.1, -0.05) is 24.3 Å². The minimum Gasteiger partial charge on any atom is -0.493 e. The number of ether oxygens (including phenoxy) is 2. The highest BCUT2D eigenvalue weighted by Crippen LogP contribution is 2.21. The average molecular weight is 372 g/mol. The fourth-order valence-electron chi connectivity index (χ4n) is 2.23. The van der Waals surface area contributed by atoms with Gasteiger partial charge in [0.1, 0.15) is 5.75 Å². The lowest BCUT2D eigenvalue weighted by Crippen LogP contribution is -2.22. The number of nitrogens with one attached hydrogen (secondary N) is 1. The number of aryl methyl sites for hydroxylation is 2. The van der Waals surface area contributed by atoms with Gasteiger partial charge in [0.05, 0.1) is 23.6 Å². The van der Waals surface area contributed by atoms with Gasteiger partial charge in [-0.05, 0) is 31.0 Å². The number of anilines is 1. The Morgan fingerprint density at radius 3 is 2.56 bits per heavy atom. The fourth-order valence-corrected chi connectivity index (χ4v) is 2.23. The molecule has 0 aliphatic rings. The maximum atomic E-state index is 11.9. The largest absolute Gasteiger partial charge is 0.493 e. The van der Waals surface area contributed by atoms with E-state index in [0.717, 1.165) is 5.56 Å². The van der Waals surface area contributed by atoms with Gasteiger partial charge in [0.15, 0.2) is 6.61 Å². The second-order valence-electron chi connectivity index (χ2n) is 5.83. The molecule has 0 aliphatic carbocycles. The first kappa shape index (κ1) is 19.9. The van der Waals surface area contributed by atoms with Crippen LogP contribution < -0.4 is 10.1 Å². The number of hydrogen-bond acceptors (Lipinski definition) is 6. The maximum absolute atomic E-state index is 11.9. The van der Waals surface area contributed by atoms with E-state index in [-0.39, 0.29) is 18.7 Å². The van der Waals surface area contributed by atoms with E-state index >= 15 is 0 Å². The number of esters is 1. The molecular weight excluding hydrogens is 352 g/mol. The van der Waals surface area contributed by atoms with Gasteiger partial charge < -0.3 is 14.8 Å². The molecule has 0 atom stereocenters. The topological polar surface area (TPSA) is 108 Å². The molecule has 1 amide bonds. The molecule has 2 aromatic carbocycles. The Labute approximate surface area is 156 Å². The summed E-state index contributed by atoms with van der Waals surface area (Å²) in [6.07, 6.45) is -0.00253. The quantitative estimate of drug-likeness (QED) is 0.433. The van der Waals surface area contributed by atoms with Crippen molar-refractivity contribution in [1.82, 2.24) is 0 Å². The minimum atomic E-state index is -0.577. The van der Waals surface area contributed by atoms with E-state index in [0.29, 0.717) is 17.0 Å². The number of rotatable bonds is 8. The summed E-state index contributed by atoms with van der Waals surface area (Å²) < 4.78 is 10.4. The summed E-state index contributed by atoms with van der Waals surface area (Å²) in [4.78, 5) is 33.9. The van der Waals surface area contributed by atoms with Crippen LogP contribution in [-0.4, -0.2) is 30.0 Å². The Morgan fingerprint density at radius 1 is 1.11 bits per heavy atom. The Bertz CT molecular complexity index is 850. The number of nitro groups is 1. The van der Waals surface area contributed by atoms with Crippen LogP contribution >= 0.6 is 0 Å². The summed E-state index contributed by atoms with van der Waals surface area (Å²) in [5, 5.41) is 13.3. The van der Waals surface area contributed by atoms with Gasteiger partial charge in [-0.3, -0.25) is 19.7 Å². The highest BCUT2D eigenvalue weighted by atomic mass is 16.6. The number of para-hydroxylation sites is 1. The van der Waals surface area contributed by atoms with Crippen molar-refractivity contribution in [2.24, 2.45) is 0 Å². The van der Waals surface area contributed by atoms with E-state index in [1.54, 1.807) is 13.0 Å². The van der Waals surface area contributed by atoms with Crippen molar-refractivity contribution in [3.63, 3.8) is 0 Å². The van der Waals surface area contributed by atoms with Crippen LogP contribution in [0.25, 0.3) is 0 Å². The van der Waals surface area contributed by atoms with Crippen molar-refractivity contribution in [1.29, 1.82) is 0 Å². The lowest BCUT2D eigenvalue weighted by Gasteiger charge is -2.10. The lowest BCUT2D eigenvalue weighted by molar-refractivity contribution is -0.384. The number of amides is 1. The monoisotopic (exact) mass is 372 g/mol. The van der Waals surface area contributed by atoms with Crippen molar-refractivity contribution >= 4 is 23.3 Å². The molecule has 0 aromatic heterocycles. The summed E-state index contributed by atoms with van der Waals surface area (Å²) in [7, 11) is 0. The van der Waals surface area contributed by atoms with Crippen molar-refractivity contribution < 1.29 is 24.0 Å². The molecule has 0 fully saturated rings. The Kier molecular flexibility index (Phi) is 6.87. The van der Waals surface area contributed by atoms with Crippen molar-refractivity contribution in [3.8, 4) is 5.75 Å². The van der Waals surface area contributed by atoms with Crippen molar-refractivity contribution in [2.45, 2.75) is 20.3 Å². The van der Waals surface area contributed by atoms with Crippen LogP contribution in [0.3, 0.4) is 0 Å². The number of benzene rings is 2. The normalized spacial score (nSPS) is 10.1. The predicted octanol–water partition coefficient (Wildman–Crippen LogP) is 3.16. The molecule has 0 saturated carbocycles. The molecule has 0 aliphatic heterocycles. The Morgan fingerprint density at radius 2 is 1.85 bits per heavy atom. The summed E-state index contributed by atoms with van der Waals surface area (Å²) in [6, 6.07) is 11.6. The number of carbonyl (C=O) groups excluding carboxylic acids is 2. The Balaban J connectivity index is 1.77. The SMILES string of the molecule is Cc1ccc([N+](=O)[O-])cc1NC(=O)COC(=O)CCOc1ccccc1C. The highest BCUT2D eigenvalue weighted by Gasteiger charge is 2.13. The van der Waals surface area contributed by atoms with Gasteiger partial charge in [0, 0.05) is 12.1 Å². The highest BCUT2D eigenvalue weighted by molar-refractivity contribution is 5.93. The number of hydrogen-bond donors (Lipinski definition) is 1. The molecule has 0 spiro atoms. The first-order valence-electron chi connectivity index (χ1n) is 8.26. The van der Waals surface area contributed by atoms with Crippen LogP contribution in [0.4, 0.5) is 11.4 Å². The molecule has 8 heteroatoms. The van der Waals surface area contributed by atoms with Crippen molar-refractivity contribution in [3.05, 3.63) is 63.7 Å². The van der Waals surface area contributed by atoms with Gasteiger partial charge >= 0.3 is 5.97 Å². The van der Waals surface area contributed by atoms with Crippen LogP contribution in [-0.2, 0) is 14.3 Å². The van der Waals surface area contributed by atoms with Gasteiger partial charge in [-0.2, -0.15) is 0 Å². The van der Waals surface area contributed by atoms with Crippen LogP contribution in [0.1, 0.15) is 17.5 Å². The summed E-state index contributed by atoms with van der Waals surface area (Å²) in [6.45, 7) is 3.25. The molecule has 142 valence electrons. The molecule has 0 unspecified atom stereocenters. The van der Waals surface area contributed by atoms with Crippen LogP contribution in [0, 0.1) is 24.0 Å². The molecule has 2 rings (SSSR count). The Hall–Kier alpha value is -3.42. The standard InChI is InChI=1S/C19H20N2O6/c1-13-7-8-15(21(24)25)11-16(13)20-18(22)12-27-19(23)9-10-26-17-6-4-3-5-14(17)2/h3-8,11H,9-10,12H2,1-2H3,(H,20,22). The molecule has 0 saturated heterocycles. The molecule has 8 nitrogen and oxygen atoms in total. The van der Waals surface area contributed by atoms with E-state index in [9.17, 15) is 19.7 Å². The summed E-state index contributed by atoms with van der Waals surface area (Å²) >= 11 is 0. The van der Waals surface area contributed by atoms with E-state index in [1.165, 1.54) is 18.2 Å². The second kappa shape index (κ2) is 9.33. The number of nitrogens with zero attached hydrogens (tertiary/aromatic N) is 1. The zero-order chi connectivity index (χ0) is 19.8. The first-order chi connectivity index (χ1) is 12.9. The third kappa shape index (κ3) is 6.10. The summed E-state index contributed by atoms with van der Waals surface area (Å²) in [5.74, 6) is -0.467. The fraction of sp³-hybridized carbons (Fsp3) is 0.263.